The predicted molar refractivity (Wildman–Crippen MR) is 69.0 cm³/mol. The second kappa shape index (κ2) is 5.87. The molecule has 2 nitrogen and oxygen atoms in total. The lowest BCUT2D eigenvalue weighted by atomic mass is 9.98. The summed E-state index contributed by atoms with van der Waals surface area (Å²) in [5.74, 6) is 0.922. The first-order valence-corrected chi connectivity index (χ1v) is 6.43. The molecule has 0 saturated heterocycles. The van der Waals surface area contributed by atoms with Crippen molar-refractivity contribution in [1.29, 1.82) is 0 Å². The van der Waals surface area contributed by atoms with Gasteiger partial charge in [-0.25, -0.2) is 0 Å². The minimum absolute atomic E-state index is 0.0801. The van der Waals surface area contributed by atoms with Crippen LogP contribution in [-0.4, -0.2) is 6.61 Å². The molecule has 0 N–H and O–H groups in total. The SMILES string of the molecule is CCCCOC1C(CC)=COc2ccccc21. The second-order valence-electron chi connectivity index (χ2n) is 4.31. The molecule has 2 rings (SSSR count). The maximum Gasteiger partial charge on any atom is 0.132 e. The molecule has 0 amide bonds. The van der Waals surface area contributed by atoms with Crippen LogP contribution in [0.15, 0.2) is 36.1 Å². The molecule has 0 spiro atoms. The van der Waals surface area contributed by atoms with Gasteiger partial charge in [0.1, 0.15) is 11.9 Å². The van der Waals surface area contributed by atoms with Gasteiger partial charge >= 0.3 is 0 Å². The Balaban J connectivity index is 2.17. The van der Waals surface area contributed by atoms with Crippen molar-refractivity contribution in [3.05, 3.63) is 41.7 Å². The van der Waals surface area contributed by atoms with Gasteiger partial charge < -0.3 is 9.47 Å². The van der Waals surface area contributed by atoms with Crippen molar-refractivity contribution < 1.29 is 9.47 Å². The molecule has 0 aliphatic carbocycles. The van der Waals surface area contributed by atoms with E-state index in [1.54, 1.807) is 0 Å². The van der Waals surface area contributed by atoms with Gasteiger partial charge in [-0.05, 0) is 24.5 Å². The molecule has 1 aromatic rings. The molecule has 0 fully saturated rings. The first-order chi connectivity index (χ1) is 8.36. The summed E-state index contributed by atoms with van der Waals surface area (Å²) in [6.45, 7) is 5.13. The van der Waals surface area contributed by atoms with E-state index < -0.39 is 0 Å². The van der Waals surface area contributed by atoms with Crippen LogP contribution in [0.25, 0.3) is 0 Å². The van der Waals surface area contributed by atoms with Crippen LogP contribution in [0, 0.1) is 0 Å². The Kier molecular flexibility index (Phi) is 4.21. The summed E-state index contributed by atoms with van der Waals surface area (Å²) >= 11 is 0. The molecule has 17 heavy (non-hydrogen) atoms. The van der Waals surface area contributed by atoms with Gasteiger partial charge in [0.15, 0.2) is 0 Å². The van der Waals surface area contributed by atoms with Gasteiger partial charge in [0.2, 0.25) is 0 Å². The topological polar surface area (TPSA) is 18.5 Å². The summed E-state index contributed by atoms with van der Waals surface area (Å²) < 4.78 is 11.6. The van der Waals surface area contributed by atoms with Crippen LogP contribution in [0.4, 0.5) is 0 Å². The highest BCUT2D eigenvalue weighted by Gasteiger charge is 2.23. The lowest BCUT2D eigenvalue weighted by Crippen LogP contribution is -2.14. The average molecular weight is 232 g/mol. The fourth-order valence-electron chi connectivity index (χ4n) is 2.02. The first kappa shape index (κ1) is 12.2. The minimum Gasteiger partial charge on any atom is -0.465 e. The molecule has 1 unspecified atom stereocenters. The largest absolute Gasteiger partial charge is 0.465 e. The van der Waals surface area contributed by atoms with Crippen molar-refractivity contribution in [3.63, 3.8) is 0 Å². The standard InChI is InChI=1S/C15H20O2/c1-3-5-10-16-15-12(4-2)11-17-14-9-7-6-8-13(14)15/h6-9,11,15H,3-5,10H2,1-2H3. The highest BCUT2D eigenvalue weighted by molar-refractivity contribution is 5.42. The Labute approximate surface area is 103 Å². The van der Waals surface area contributed by atoms with Crippen molar-refractivity contribution >= 4 is 0 Å². The van der Waals surface area contributed by atoms with E-state index >= 15 is 0 Å². The number of ether oxygens (including phenoxy) is 2. The maximum atomic E-state index is 6.01. The molecule has 1 atom stereocenters. The van der Waals surface area contributed by atoms with Gasteiger partial charge in [0, 0.05) is 12.2 Å². The summed E-state index contributed by atoms with van der Waals surface area (Å²) in [5, 5.41) is 0. The Morgan fingerprint density at radius 2 is 2.06 bits per heavy atom. The molecule has 92 valence electrons. The third kappa shape index (κ3) is 2.70. The third-order valence-electron chi connectivity index (χ3n) is 3.07. The number of para-hydroxylation sites is 1. The number of rotatable bonds is 5. The lowest BCUT2D eigenvalue weighted by molar-refractivity contribution is 0.0664. The fourth-order valence-corrected chi connectivity index (χ4v) is 2.02. The Morgan fingerprint density at radius 1 is 1.24 bits per heavy atom. The average Bonchev–Trinajstić information content (AvgIpc) is 2.39. The van der Waals surface area contributed by atoms with Gasteiger partial charge in [-0.3, -0.25) is 0 Å². The third-order valence-corrected chi connectivity index (χ3v) is 3.07. The van der Waals surface area contributed by atoms with E-state index in [4.69, 9.17) is 9.47 Å². The number of unbranched alkanes of at least 4 members (excludes halogenated alkanes) is 1. The smallest absolute Gasteiger partial charge is 0.132 e. The van der Waals surface area contributed by atoms with Crippen LogP contribution in [-0.2, 0) is 4.74 Å². The second-order valence-corrected chi connectivity index (χ2v) is 4.31. The number of hydrogen-bond acceptors (Lipinski definition) is 2. The van der Waals surface area contributed by atoms with E-state index in [0.717, 1.165) is 37.2 Å². The van der Waals surface area contributed by atoms with Crippen LogP contribution in [0.1, 0.15) is 44.8 Å². The van der Waals surface area contributed by atoms with Crippen LogP contribution < -0.4 is 4.74 Å². The molecule has 1 aliphatic rings. The van der Waals surface area contributed by atoms with E-state index in [9.17, 15) is 0 Å². The van der Waals surface area contributed by atoms with Gasteiger partial charge in [-0.1, -0.05) is 38.5 Å². The van der Waals surface area contributed by atoms with E-state index in [-0.39, 0.29) is 6.10 Å². The van der Waals surface area contributed by atoms with Gasteiger partial charge in [-0.2, -0.15) is 0 Å². The Hall–Kier alpha value is -1.28. The van der Waals surface area contributed by atoms with Crippen molar-refractivity contribution in [2.24, 2.45) is 0 Å². The van der Waals surface area contributed by atoms with Crippen LogP contribution in [0.2, 0.25) is 0 Å². The zero-order valence-corrected chi connectivity index (χ0v) is 10.6. The summed E-state index contributed by atoms with van der Waals surface area (Å²) in [4.78, 5) is 0. The summed E-state index contributed by atoms with van der Waals surface area (Å²) in [5.41, 5.74) is 2.38. The zero-order valence-electron chi connectivity index (χ0n) is 10.6. The molecule has 0 radical (unpaired) electrons. The van der Waals surface area contributed by atoms with E-state index in [0.29, 0.717) is 0 Å². The number of hydrogen-bond donors (Lipinski definition) is 0. The molecule has 0 saturated carbocycles. The summed E-state index contributed by atoms with van der Waals surface area (Å²) in [6.07, 6.45) is 5.16. The first-order valence-electron chi connectivity index (χ1n) is 6.43. The molecule has 0 aromatic heterocycles. The molecule has 0 bridgehead atoms. The van der Waals surface area contributed by atoms with E-state index in [1.807, 2.05) is 24.5 Å². The van der Waals surface area contributed by atoms with E-state index in [1.165, 1.54) is 5.57 Å². The highest BCUT2D eigenvalue weighted by Crippen LogP contribution is 2.38. The Bertz CT molecular complexity index is 396. The van der Waals surface area contributed by atoms with Gasteiger partial charge in [-0.15, -0.1) is 0 Å². The van der Waals surface area contributed by atoms with Crippen LogP contribution in [0.3, 0.4) is 0 Å². The molecule has 1 aliphatic heterocycles. The Morgan fingerprint density at radius 3 is 2.82 bits per heavy atom. The molecular weight excluding hydrogens is 212 g/mol. The molecular formula is C15H20O2. The minimum atomic E-state index is 0.0801. The van der Waals surface area contributed by atoms with Crippen LogP contribution >= 0.6 is 0 Å². The van der Waals surface area contributed by atoms with Crippen molar-refractivity contribution in [1.82, 2.24) is 0 Å². The molecule has 1 heterocycles. The van der Waals surface area contributed by atoms with Crippen molar-refractivity contribution in [2.75, 3.05) is 6.61 Å². The van der Waals surface area contributed by atoms with Gasteiger partial charge in [0.25, 0.3) is 0 Å². The monoisotopic (exact) mass is 232 g/mol. The number of benzene rings is 1. The fraction of sp³-hybridized carbons (Fsp3) is 0.467. The van der Waals surface area contributed by atoms with Crippen molar-refractivity contribution in [3.8, 4) is 5.75 Å². The summed E-state index contributed by atoms with van der Waals surface area (Å²) in [7, 11) is 0. The van der Waals surface area contributed by atoms with E-state index in [2.05, 4.69) is 19.9 Å². The molecule has 1 aromatic carbocycles. The molecule has 2 heteroatoms. The lowest BCUT2D eigenvalue weighted by Gasteiger charge is -2.26. The van der Waals surface area contributed by atoms with Gasteiger partial charge in [0.05, 0.1) is 6.26 Å². The zero-order chi connectivity index (χ0) is 12.1. The normalized spacial score (nSPS) is 18.2. The van der Waals surface area contributed by atoms with Crippen LogP contribution in [0.5, 0.6) is 5.75 Å². The van der Waals surface area contributed by atoms with Crippen molar-refractivity contribution in [2.45, 2.75) is 39.2 Å². The highest BCUT2D eigenvalue weighted by atomic mass is 16.5. The quantitative estimate of drug-likeness (QED) is 0.707. The maximum absolute atomic E-state index is 6.01. The summed E-state index contributed by atoms with van der Waals surface area (Å²) in [6, 6.07) is 8.12. The predicted octanol–water partition coefficient (Wildman–Crippen LogP) is 4.23. The number of fused-ring (bicyclic) bond motifs is 1.